The first-order chi connectivity index (χ1) is 21.3. The van der Waals surface area contributed by atoms with Crippen LogP contribution in [0.2, 0.25) is 0 Å². The minimum absolute atomic E-state index is 0.212. The van der Waals surface area contributed by atoms with Crippen molar-refractivity contribution in [3.8, 4) is 0 Å². The summed E-state index contributed by atoms with van der Waals surface area (Å²) in [4.78, 5) is 24.9. The lowest BCUT2D eigenvalue weighted by molar-refractivity contribution is -0.305. The molecular weight excluding hydrogens is 568 g/mol. The summed E-state index contributed by atoms with van der Waals surface area (Å²) in [7, 11) is 0. The van der Waals surface area contributed by atoms with Gasteiger partial charge in [0.15, 0.2) is 12.4 Å². The van der Waals surface area contributed by atoms with E-state index in [1.807, 2.05) is 0 Å². The van der Waals surface area contributed by atoms with Gasteiger partial charge >= 0.3 is 11.9 Å². The van der Waals surface area contributed by atoms with Crippen LogP contribution >= 0.6 is 0 Å². The average Bonchev–Trinajstić information content (AvgIpc) is 3.02. The Bertz CT molecular complexity index is 704. The Hall–Kier alpha value is -1.30. The maximum atomic E-state index is 12.6. The summed E-state index contributed by atoms with van der Waals surface area (Å²) in [5.41, 5.74) is 0. The number of aliphatic hydroxyl groups is 4. The van der Waals surface area contributed by atoms with Gasteiger partial charge in [-0.25, -0.2) is 0 Å². The molecule has 1 saturated heterocycles. The van der Waals surface area contributed by atoms with Crippen molar-refractivity contribution in [1.82, 2.24) is 0 Å². The highest BCUT2D eigenvalue weighted by Crippen LogP contribution is 2.22. The van der Waals surface area contributed by atoms with E-state index in [2.05, 4.69) is 13.8 Å². The van der Waals surface area contributed by atoms with E-state index >= 15 is 0 Å². The third kappa shape index (κ3) is 19.3. The van der Waals surface area contributed by atoms with Gasteiger partial charge in [0.05, 0.1) is 13.2 Å². The highest BCUT2D eigenvalue weighted by molar-refractivity contribution is 5.70. The third-order valence-corrected chi connectivity index (χ3v) is 8.24. The quantitative estimate of drug-likeness (QED) is 0.0644. The van der Waals surface area contributed by atoms with E-state index in [9.17, 15) is 30.0 Å². The van der Waals surface area contributed by atoms with Crippen molar-refractivity contribution in [3.05, 3.63) is 0 Å². The van der Waals surface area contributed by atoms with Crippen molar-refractivity contribution in [3.63, 3.8) is 0 Å². The van der Waals surface area contributed by atoms with Gasteiger partial charge in [-0.1, -0.05) is 123 Å². The molecule has 0 aromatic carbocycles. The summed E-state index contributed by atoms with van der Waals surface area (Å²) in [5.74, 6) is -0.812. The molecule has 4 N–H and O–H groups in total. The second-order valence-corrected chi connectivity index (χ2v) is 12.3. The van der Waals surface area contributed by atoms with Crippen molar-refractivity contribution in [2.45, 2.75) is 185 Å². The number of hydrogen-bond acceptors (Lipinski definition) is 10. The zero-order valence-corrected chi connectivity index (χ0v) is 27.7. The van der Waals surface area contributed by atoms with Gasteiger partial charge in [0.1, 0.15) is 31.0 Å². The Morgan fingerprint density at radius 1 is 0.614 bits per heavy atom. The number of ether oxygens (including phenoxy) is 4. The molecule has 0 amide bonds. The topological polar surface area (TPSA) is 152 Å². The predicted octanol–water partition coefficient (Wildman–Crippen LogP) is 5.49. The zero-order valence-electron chi connectivity index (χ0n) is 27.7. The van der Waals surface area contributed by atoms with Gasteiger partial charge in [-0.05, 0) is 12.8 Å². The summed E-state index contributed by atoms with van der Waals surface area (Å²) < 4.78 is 21.9. The highest BCUT2D eigenvalue weighted by Gasteiger charge is 2.44. The number of hydrogen-bond donors (Lipinski definition) is 4. The van der Waals surface area contributed by atoms with Crippen LogP contribution in [0.4, 0.5) is 0 Å². The number of aliphatic hydroxyl groups excluding tert-OH is 4. The minimum atomic E-state index is -1.59. The highest BCUT2D eigenvalue weighted by atomic mass is 16.7. The van der Waals surface area contributed by atoms with Crippen LogP contribution in [0.3, 0.4) is 0 Å². The van der Waals surface area contributed by atoms with Crippen LogP contribution in [-0.2, 0) is 28.5 Å². The first-order valence-electron chi connectivity index (χ1n) is 17.6. The summed E-state index contributed by atoms with van der Waals surface area (Å²) in [6.07, 6.45) is 14.3. The van der Waals surface area contributed by atoms with Gasteiger partial charge in [0, 0.05) is 12.8 Å². The molecule has 0 aliphatic carbocycles. The molecular formula is C34H64O10. The number of rotatable bonds is 28. The smallest absolute Gasteiger partial charge is 0.306 e. The molecule has 6 atom stereocenters. The SMILES string of the molecule is CCCCCCCCCCCCCCCC(=O)O[C@H](COC(=O)CCCCCCCC)CO[C@@H]1O[C@H](CO)[C@H](O)[C@H](O)[C@H]1O. The second kappa shape index (κ2) is 26.9. The molecule has 260 valence electrons. The van der Waals surface area contributed by atoms with E-state index < -0.39 is 49.4 Å². The average molecular weight is 633 g/mol. The predicted molar refractivity (Wildman–Crippen MR) is 169 cm³/mol. The van der Waals surface area contributed by atoms with Crippen LogP contribution < -0.4 is 0 Å². The number of esters is 2. The normalized spacial score (nSPS) is 22.5. The van der Waals surface area contributed by atoms with Crippen LogP contribution in [0.15, 0.2) is 0 Å². The molecule has 44 heavy (non-hydrogen) atoms. The summed E-state index contributed by atoms with van der Waals surface area (Å²) in [6.45, 7) is 3.33. The minimum Gasteiger partial charge on any atom is -0.462 e. The number of unbranched alkanes of at least 4 members (excludes halogenated alkanes) is 17. The van der Waals surface area contributed by atoms with E-state index in [1.54, 1.807) is 0 Å². The molecule has 1 fully saturated rings. The third-order valence-electron chi connectivity index (χ3n) is 8.24. The molecule has 0 aromatic rings. The summed E-state index contributed by atoms with van der Waals surface area (Å²) in [5, 5.41) is 39.7. The second-order valence-electron chi connectivity index (χ2n) is 12.3. The van der Waals surface area contributed by atoms with Crippen molar-refractivity contribution >= 4 is 11.9 Å². The van der Waals surface area contributed by atoms with Crippen molar-refractivity contribution in [2.24, 2.45) is 0 Å². The van der Waals surface area contributed by atoms with Gasteiger partial charge in [-0.3, -0.25) is 9.59 Å². The molecule has 0 bridgehead atoms. The molecule has 1 rings (SSSR count). The fourth-order valence-electron chi connectivity index (χ4n) is 5.36. The summed E-state index contributed by atoms with van der Waals surface area (Å²) in [6, 6.07) is 0. The number of carbonyl (C=O) groups excluding carboxylic acids is 2. The molecule has 0 radical (unpaired) electrons. The van der Waals surface area contributed by atoms with Crippen molar-refractivity contribution in [1.29, 1.82) is 0 Å². The van der Waals surface area contributed by atoms with Crippen molar-refractivity contribution in [2.75, 3.05) is 19.8 Å². The van der Waals surface area contributed by atoms with Gasteiger partial charge in [0.2, 0.25) is 0 Å². The van der Waals surface area contributed by atoms with E-state index in [1.165, 1.54) is 64.2 Å². The fourth-order valence-corrected chi connectivity index (χ4v) is 5.36. The molecule has 1 aliphatic rings. The number of carbonyl (C=O) groups is 2. The molecule has 10 nitrogen and oxygen atoms in total. The lowest BCUT2D eigenvalue weighted by Gasteiger charge is -2.39. The molecule has 1 aliphatic heterocycles. The Balaban J connectivity index is 2.40. The lowest BCUT2D eigenvalue weighted by Crippen LogP contribution is -2.59. The van der Waals surface area contributed by atoms with Crippen LogP contribution in [0, 0.1) is 0 Å². The molecule has 0 unspecified atom stereocenters. The monoisotopic (exact) mass is 632 g/mol. The van der Waals surface area contributed by atoms with Gasteiger partial charge in [-0.2, -0.15) is 0 Å². The molecule has 0 saturated carbocycles. The first-order valence-corrected chi connectivity index (χ1v) is 17.6. The Morgan fingerprint density at radius 3 is 1.55 bits per heavy atom. The van der Waals surface area contributed by atoms with E-state index in [0.29, 0.717) is 6.42 Å². The standard InChI is InChI=1S/C34H64O10/c1-3-5-7-9-11-12-13-14-15-16-17-19-21-23-30(37)43-27(25-41-29(36)22-20-18-10-8-6-4-2)26-42-34-33(40)32(39)31(38)28(24-35)44-34/h27-28,31-35,38-40H,3-26H2,1-2H3/t27-,28-,31+,32+,33-,34-/m1/s1. The van der Waals surface area contributed by atoms with Gasteiger partial charge in [0.25, 0.3) is 0 Å². The van der Waals surface area contributed by atoms with Gasteiger partial charge < -0.3 is 39.4 Å². The Kier molecular flexibility index (Phi) is 24.9. The maximum absolute atomic E-state index is 12.6. The van der Waals surface area contributed by atoms with Crippen LogP contribution in [-0.4, -0.2) is 89.0 Å². The largest absolute Gasteiger partial charge is 0.462 e. The molecule has 1 heterocycles. The lowest BCUT2D eigenvalue weighted by atomic mass is 9.99. The van der Waals surface area contributed by atoms with Crippen LogP contribution in [0.5, 0.6) is 0 Å². The maximum Gasteiger partial charge on any atom is 0.306 e. The van der Waals surface area contributed by atoms with Crippen LogP contribution in [0.25, 0.3) is 0 Å². The van der Waals surface area contributed by atoms with Crippen LogP contribution in [0.1, 0.15) is 149 Å². The molecule has 0 spiro atoms. The Labute approximate surface area is 266 Å². The van der Waals surface area contributed by atoms with Crippen molar-refractivity contribution < 1.29 is 49.0 Å². The van der Waals surface area contributed by atoms with E-state index in [4.69, 9.17) is 18.9 Å². The summed E-state index contributed by atoms with van der Waals surface area (Å²) >= 11 is 0. The molecule has 10 heteroatoms. The van der Waals surface area contributed by atoms with E-state index in [0.717, 1.165) is 51.4 Å². The Morgan fingerprint density at radius 2 is 1.07 bits per heavy atom. The zero-order chi connectivity index (χ0) is 32.4. The molecule has 0 aromatic heterocycles. The fraction of sp³-hybridized carbons (Fsp3) is 0.941. The van der Waals surface area contributed by atoms with E-state index in [-0.39, 0.29) is 32.0 Å². The van der Waals surface area contributed by atoms with Gasteiger partial charge in [-0.15, -0.1) is 0 Å². The first kappa shape index (κ1) is 40.7.